The third-order valence-electron chi connectivity index (χ3n) is 3.93. The lowest BCUT2D eigenvalue weighted by Crippen LogP contribution is -2.24. The van der Waals surface area contributed by atoms with Crippen LogP contribution in [0.3, 0.4) is 0 Å². The lowest BCUT2D eigenvalue weighted by atomic mass is 9.95. The maximum Gasteiger partial charge on any atom is 0.342 e. The molecule has 2 rings (SSSR count). The Morgan fingerprint density at radius 2 is 1.86 bits per heavy atom. The molecule has 0 amide bonds. The second-order valence-corrected chi connectivity index (χ2v) is 6.65. The number of ether oxygens (including phenoxy) is 2. The number of hydrogen-bond donors (Lipinski definition) is 4. The predicted molar refractivity (Wildman–Crippen MR) is 105 cm³/mol. The number of aromatic nitrogens is 1. The zero-order valence-corrected chi connectivity index (χ0v) is 16.8. The number of halogens is 1. The molecule has 10 heteroatoms. The van der Waals surface area contributed by atoms with Gasteiger partial charge in [-0.15, -0.1) is 0 Å². The number of pyridine rings is 1. The zero-order valence-electron chi connectivity index (χ0n) is 15.2. The first kappa shape index (κ1) is 21.3. The summed E-state index contributed by atoms with van der Waals surface area (Å²) in [4.78, 5) is 37.6. The fourth-order valence-corrected chi connectivity index (χ4v) is 3.21. The number of unbranched alkanes of at least 4 members (excludes halogenated alkanes) is 1. The van der Waals surface area contributed by atoms with E-state index in [-0.39, 0.29) is 16.9 Å². The molecule has 150 valence electrons. The van der Waals surface area contributed by atoms with Crippen molar-refractivity contribution in [2.45, 2.75) is 19.8 Å². The molecule has 9 nitrogen and oxygen atoms in total. The monoisotopic (exact) mass is 454 g/mol. The van der Waals surface area contributed by atoms with Crippen molar-refractivity contribution in [3.63, 3.8) is 0 Å². The first-order valence-electron chi connectivity index (χ1n) is 8.25. The number of methoxy groups -OCH3 is 1. The molecular formula is C18H19BrN2O7. The maximum atomic E-state index is 12.2. The lowest BCUT2D eigenvalue weighted by molar-refractivity contribution is 0.0695. The molecule has 0 saturated heterocycles. The average Bonchev–Trinajstić information content (AvgIpc) is 2.61. The largest absolute Gasteiger partial charge is 0.493 e. The van der Waals surface area contributed by atoms with Crippen molar-refractivity contribution in [1.82, 2.24) is 4.98 Å². The van der Waals surface area contributed by atoms with Crippen molar-refractivity contribution >= 4 is 33.7 Å². The quantitative estimate of drug-likeness (QED) is 0.444. The van der Waals surface area contributed by atoms with Gasteiger partial charge < -0.3 is 30.4 Å². The van der Waals surface area contributed by atoms with Crippen molar-refractivity contribution in [2.24, 2.45) is 0 Å². The summed E-state index contributed by atoms with van der Waals surface area (Å²) in [6.07, 6.45) is 1.74. The van der Waals surface area contributed by atoms with Gasteiger partial charge in [-0.25, -0.2) is 9.59 Å². The van der Waals surface area contributed by atoms with Crippen LogP contribution in [0.1, 0.15) is 40.5 Å². The number of hydrogen-bond acceptors (Lipinski definition) is 6. The van der Waals surface area contributed by atoms with E-state index in [9.17, 15) is 24.6 Å². The molecule has 0 radical (unpaired) electrons. The van der Waals surface area contributed by atoms with Gasteiger partial charge in [-0.05, 0) is 40.0 Å². The van der Waals surface area contributed by atoms with Crippen molar-refractivity contribution in [3.8, 4) is 22.6 Å². The number of anilines is 1. The van der Waals surface area contributed by atoms with Gasteiger partial charge >= 0.3 is 11.9 Å². The van der Waals surface area contributed by atoms with E-state index in [4.69, 9.17) is 15.2 Å². The van der Waals surface area contributed by atoms with E-state index in [1.807, 2.05) is 6.92 Å². The van der Waals surface area contributed by atoms with Gasteiger partial charge in [0.05, 0.1) is 18.2 Å². The van der Waals surface area contributed by atoms with Crippen LogP contribution in [0, 0.1) is 0 Å². The van der Waals surface area contributed by atoms with E-state index in [1.54, 1.807) is 0 Å². The molecule has 0 aliphatic rings. The summed E-state index contributed by atoms with van der Waals surface area (Å²) >= 11 is 3.33. The molecule has 28 heavy (non-hydrogen) atoms. The normalized spacial score (nSPS) is 10.5. The van der Waals surface area contributed by atoms with E-state index < -0.39 is 34.4 Å². The number of nitrogens with one attached hydrogen (secondary N) is 1. The van der Waals surface area contributed by atoms with Crippen molar-refractivity contribution in [1.29, 1.82) is 0 Å². The van der Waals surface area contributed by atoms with Crippen LogP contribution in [0.5, 0.6) is 11.5 Å². The number of rotatable bonds is 8. The Bertz CT molecular complexity index is 985. The standard InChI is InChI=1S/C18H19BrN2O7/c1-3-4-5-28-14-9(19)6-8(7-10(14)27-2)11-12(17(23)24)15(20)21-16(22)13(11)18(25)26/h6-7H,3-5H2,1-2H3,(H,23,24)(H,25,26)(H3,20,21,22). The summed E-state index contributed by atoms with van der Waals surface area (Å²) in [7, 11) is 1.39. The summed E-state index contributed by atoms with van der Waals surface area (Å²) in [6.45, 7) is 2.44. The second-order valence-electron chi connectivity index (χ2n) is 5.79. The minimum atomic E-state index is -1.59. The van der Waals surface area contributed by atoms with E-state index in [2.05, 4.69) is 20.9 Å². The highest BCUT2D eigenvalue weighted by Gasteiger charge is 2.28. The molecule has 0 fully saturated rings. The van der Waals surface area contributed by atoms with Gasteiger partial charge in [-0.2, -0.15) is 0 Å². The first-order valence-corrected chi connectivity index (χ1v) is 9.05. The van der Waals surface area contributed by atoms with E-state index in [1.165, 1.54) is 19.2 Å². The smallest absolute Gasteiger partial charge is 0.342 e. The fraction of sp³-hybridized carbons (Fsp3) is 0.278. The molecule has 0 saturated carbocycles. The number of H-pyrrole nitrogens is 1. The molecule has 0 unspecified atom stereocenters. The number of aromatic carboxylic acids is 2. The van der Waals surface area contributed by atoms with Gasteiger partial charge in [0.25, 0.3) is 5.56 Å². The molecule has 0 atom stereocenters. The van der Waals surface area contributed by atoms with Crippen LogP contribution in [0.2, 0.25) is 0 Å². The predicted octanol–water partition coefficient (Wildman–Crippen LogP) is 2.97. The molecule has 1 aromatic carbocycles. The highest BCUT2D eigenvalue weighted by molar-refractivity contribution is 9.10. The molecule has 2 aromatic rings. The van der Waals surface area contributed by atoms with Crippen molar-refractivity contribution < 1.29 is 29.3 Å². The van der Waals surface area contributed by atoms with Gasteiger partial charge in [-0.3, -0.25) is 4.79 Å². The number of nitrogens with two attached hydrogens (primary N) is 1. The van der Waals surface area contributed by atoms with Crippen LogP contribution in [0.4, 0.5) is 5.82 Å². The Labute approximate surface area is 168 Å². The van der Waals surface area contributed by atoms with Crippen LogP contribution < -0.4 is 20.8 Å². The van der Waals surface area contributed by atoms with Crippen molar-refractivity contribution in [3.05, 3.63) is 38.1 Å². The molecule has 1 aromatic heterocycles. The first-order chi connectivity index (χ1) is 13.2. The Morgan fingerprint density at radius 1 is 1.21 bits per heavy atom. The molecule has 1 heterocycles. The number of carboxylic acids is 2. The van der Waals surface area contributed by atoms with Gasteiger partial charge in [0.2, 0.25) is 0 Å². The van der Waals surface area contributed by atoms with E-state index in [0.717, 1.165) is 12.8 Å². The van der Waals surface area contributed by atoms with Crippen LogP contribution in [-0.4, -0.2) is 40.9 Å². The Morgan fingerprint density at radius 3 is 2.39 bits per heavy atom. The summed E-state index contributed by atoms with van der Waals surface area (Å²) in [5.41, 5.74) is 3.19. The van der Waals surface area contributed by atoms with Gasteiger partial charge in [0, 0.05) is 5.56 Å². The van der Waals surface area contributed by atoms with Crippen molar-refractivity contribution in [2.75, 3.05) is 19.5 Å². The van der Waals surface area contributed by atoms with Crippen LogP contribution >= 0.6 is 15.9 Å². The molecule has 5 N–H and O–H groups in total. The Balaban J connectivity index is 2.81. The van der Waals surface area contributed by atoms with Crippen LogP contribution in [0.15, 0.2) is 21.4 Å². The minimum Gasteiger partial charge on any atom is -0.493 e. The minimum absolute atomic E-state index is 0.124. The maximum absolute atomic E-state index is 12.2. The highest BCUT2D eigenvalue weighted by Crippen LogP contribution is 2.41. The topological polar surface area (TPSA) is 152 Å². The molecule has 0 aliphatic heterocycles. The Hall–Kier alpha value is -3.01. The summed E-state index contributed by atoms with van der Waals surface area (Å²) in [5.74, 6) is -2.89. The van der Waals surface area contributed by atoms with Gasteiger partial charge in [0.15, 0.2) is 11.5 Å². The highest BCUT2D eigenvalue weighted by atomic mass is 79.9. The molecule has 0 aliphatic carbocycles. The summed E-state index contributed by atoms with van der Waals surface area (Å²) < 4.78 is 11.4. The third kappa shape index (κ3) is 4.11. The number of carboxylic acid groups (broad SMARTS) is 2. The number of nitrogen functional groups attached to an aromatic ring is 1. The fourth-order valence-electron chi connectivity index (χ4n) is 2.66. The van der Waals surface area contributed by atoms with E-state index in [0.29, 0.717) is 16.8 Å². The Kier molecular flexibility index (Phi) is 6.68. The average molecular weight is 455 g/mol. The molecular weight excluding hydrogens is 436 g/mol. The number of aromatic amines is 1. The van der Waals surface area contributed by atoms with Crippen LogP contribution in [0.25, 0.3) is 11.1 Å². The van der Waals surface area contributed by atoms with Gasteiger partial charge in [-0.1, -0.05) is 13.3 Å². The van der Waals surface area contributed by atoms with Gasteiger partial charge in [0.1, 0.15) is 16.9 Å². The number of benzene rings is 1. The second kappa shape index (κ2) is 8.79. The SMILES string of the molecule is CCCCOc1c(Br)cc(-c2c(C(=O)O)c(N)[nH]c(=O)c2C(=O)O)cc1OC. The molecule has 0 bridgehead atoms. The lowest BCUT2D eigenvalue weighted by Gasteiger charge is -2.17. The third-order valence-corrected chi connectivity index (χ3v) is 4.52. The van der Waals surface area contributed by atoms with Crippen LogP contribution in [-0.2, 0) is 0 Å². The number of carbonyl (C=O) groups is 2. The van der Waals surface area contributed by atoms with E-state index >= 15 is 0 Å². The zero-order chi connectivity index (χ0) is 21.0. The molecule has 0 spiro atoms. The summed E-state index contributed by atoms with van der Waals surface area (Å²) in [6, 6.07) is 2.86. The summed E-state index contributed by atoms with van der Waals surface area (Å²) in [5, 5.41) is 19.0.